The van der Waals surface area contributed by atoms with Gasteiger partial charge in [-0.3, -0.25) is 9.59 Å². The fourth-order valence-corrected chi connectivity index (χ4v) is 4.10. The van der Waals surface area contributed by atoms with Crippen molar-refractivity contribution >= 4 is 11.9 Å². The molecule has 2 heterocycles. The Bertz CT molecular complexity index is 478. The summed E-state index contributed by atoms with van der Waals surface area (Å²) in [5.74, 6) is -0.905. The van der Waals surface area contributed by atoms with E-state index in [-0.39, 0.29) is 17.6 Å². The van der Waals surface area contributed by atoms with Crippen molar-refractivity contribution in [2.75, 3.05) is 14.2 Å². The largest absolute Gasteiger partial charge is 0.468 e. The third kappa shape index (κ3) is 1.65. The number of esters is 2. The summed E-state index contributed by atoms with van der Waals surface area (Å²) in [6.07, 6.45) is 5.00. The molecule has 0 unspecified atom stereocenters. The van der Waals surface area contributed by atoms with Gasteiger partial charge in [0.2, 0.25) is 0 Å². The monoisotopic (exact) mass is 280 g/mol. The maximum atomic E-state index is 12.2. The van der Waals surface area contributed by atoms with Gasteiger partial charge < -0.3 is 14.2 Å². The minimum Gasteiger partial charge on any atom is -0.468 e. The lowest BCUT2D eigenvalue weighted by Gasteiger charge is -2.36. The summed E-state index contributed by atoms with van der Waals surface area (Å²) in [6.45, 7) is 2.08. The van der Waals surface area contributed by atoms with Crippen LogP contribution in [0.4, 0.5) is 0 Å². The Morgan fingerprint density at radius 1 is 1.30 bits per heavy atom. The first kappa shape index (κ1) is 13.6. The number of carbonyl (C=O) groups is 2. The number of methoxy groups -OCH3 is 2. The average molecular weight is 280 g/mol. The van der Waals surface area contributed by atoms with E-state index in [1.807, 2.05) is 0 Å². The van der Waals surface area contributed by atoms with Gasteiger partial charge >= 0.3 is 11.9 Å². The molecule has 5 nitrogen and oxygen atoms in total. The maximum absolute atomic E-state index is 12.2. The Morgan fingerprint density at radius 3 is 2.55 bits per heavy atom. The second-order valence-electron chi connectivity index (χ2n) is 6.25. The van der Waals surface area contributed by atoms with Crippen molar-refractivity contribution in [1.29, 1.82) is 0 Å². The normalized spacial score (nSPS) is 37.0. The molecule has 0 aromatic carbocycles. The number of hydrogen-bond acceptors (Lipinski definition) is 5. The van der Waals surface area contributed by atoms with Crippen LogP contribution in [0.2, 0.25) is 0 Å². The highest BCUT2D eigenvalue weighted by Crippen LogP contribution is 2.57. The summed E-state index contributed by atoms with van der Waals surface area (Å²) in [4.78, 5) is 24.4. The summed E-state index contributed by atoms with van der Waals surface area (Å²) in [5, 5.41) is 0. The molecule has 0 N–H and O–H groups in total. The zero-order valence-electron chi connectivity index (χ0n) is 12.1. The van der Waals surface area contributed by atoms with Crippen molar-refractivity contribution in [3.63, 3.8) is 0 Å². The summed E-state index contributed by atoms with van der Waals surface area (Å²) < 4.78 is 15.8. The van der Waals surface area contributed by atoms with Crippen molar-refractivity contribution in [2.24, 2.45) is 11.3 Å². The van der Waals surface area contributed by atoms with Crippen LogP contribution in [-0.4, -0.2) is 37.9 Å². The van der Waals surface area contributed by atoms with Crippen molar-refractivity contribution in [1.82, 2.24) is 0 Å². The van der Waals surface area contributed by atoms with Gasteiger partial charge in [0, 0.05) is 5.92 Å². The molecule has 3 rings (SSSR count). The van der Waals surface area contributed by atoms with Gasteiger partial charge in [-0.15, -0.1) is 0 Å². The van der Waals surface area contributed by atoms with Crippen molar-refractivity contribution < 1.29 is 23.8 Å². The first-order valence-electron chi connectivity index (χ1n) is 7.00. The Balaban J connectivity index is 2.00. The smallest absolute Gasteiger partial charge is 0.323 e. The fourth-order valence-electron chi connectivity index (χ4n) is 4.10. The quantitative estimate of drug-likeness (QED) is 0.437. The van der Waals surface area contributed by atoms with E-state index in [1.165, 1.54) is 14.2 Å². The molecular formula is C15H20O5. The van der Waals surface area contributed by atoms with Crippen LogP contribution < -0.4 is 0 Å². The molecule has 2 fully saturated rings. The lowest BCUT2D eigenvalue weighted by atomic mass is 9.80. The van der Waals surface area contributed by atoms with Crippen LogP contribution in [0, 0.1) is 11.3 Å². The number of rotatable bonds is 2. The molecule has 0 amide bonds. The number of carbonyl (C=O) groups excluding carboxylic acids is 2. The molecule has 3 aliphatic rings. The zero-order chi connectivity index (χ0) is 14.5. The first-order valence-corrected chi connectivity index (χ1v) is 7.00. The third-order valence-corrected chi connectivity index (χ3v) is 5.14. The van der Waals surface area contributed by atoms with E-state index < -0.39 is 17.4 Å². The van der Waals surface area contributed by atoms with E-state index in [0.717, 1.165) is 18.4 Å². The molecule has 5 heteroatoms. The highest BCUT2D eigenvalue weighted by molar-refractivity contribution is 6.01. The van der Waals surface area contributed by atoms with Crippen LogP contribution in [-0.2, 0) is 23.8 Å². The zero-order valence-corrected chi connectivity index (χ0v) is 12.1. The molecule has 1 aliphatic carbocycles. The molecule has 0 radical (unpaired) electrons. The van der Waals surface area contributed by atoms with Gasteiger partial charge in [-0.05, 0) is 32.6 Å². The van der Waals surface area contributed by atoms with Crippen molar-refractivity contribution in [3.8, 4) is 0 Å². The molecule has 2 bridgehead atoms. The molecule has 0 spiro atoms. The van der Waals surface area contributed by atoms with Gasteiger partial charge in [-0.25, -0.2) is 0 Å². The van der Waals surface area contributed by atoms with Crippen LogP contribution in [0.3, 0.4) is 0 Å². The maximum Gasteiger partial charge on any atom is 0.323 e. The summed E-state index contributed by atoms with van der Waals surface area (Å²) in [6, 6.07) is 0. The summed E-state index contributed by atoms with van der Waals surface area (Å²) in [7, 11) is 2.63. The number of fused-ring (bicyclic) bond motifs is 4. The van der Waals surface area contributed by atoms with E-state index in [9.17, 15) is 9.59 Å². The molecule has 1 saturated heterocycles. The van der Waals surface area contributed by atoms with Crippen LogP contribution in [0.1, 0.15) is 32.6 Å². The lowest BCUT2D eigenvalue weighted by Crippen LogP contribution is -2.41. The van der Waals surface area contributed by atoms with E-state index in [4.69, 9.17) is 14.2 Å². The van der Waals surface area contributed by atoms with Gasteiger partial charge in [0.1, 0.15) is 0 Å². The third-order valence-electron chi connectivity index (χ3n) is 5.14. The van der Waals surface area contributed by atoms with Gasteiger partial charge in [0.05, 0.1) is 25.9 Å². The predicted octanol–water partition coefficient (Wildman–Crippen LogP) is 1.61. The highest BCUT2D eigenvalue weighted by atomic mass is 16.5. The molecule has 110 valence electrons. The van der Waals surface area contributed by atoms with E-state index >= 15 is 0 Å². The van der Waals surface area contributed by atoms with Crippen LogP contribution in [0.5, 0.6) is 0 Å². The van der Waals surface area contributed by atoms with Crippen molar-refractivity contribution in [3.05, 3.63) is 11.6 Å². The van der Waals surface area contributed by atoms with E-state index in [0.29, 0.717) is 12.8 Å². The molecule has 1 saturated carbocycles. The summed E-state index contributed by atoms with van der Waals surface area (Å²) >= 11 is 0. The Labute approximate surface area is 118 Å². The number of ether oxygens (including phenoxy) is 3. The average Bonchev–Trinajstić information content (AvgIpc) is 2.99. The molecule has 0 aromatic rings. The molecule has 2 aliphatic heterocycles. The predicted molar refractivity (Wildman–Crippen MR) is 69.8 cm³/mol. The van der Waals surface area contributed by atoms with Crippen LogP contribution in [0.15, 0.2) is 11.6 Å². The van der Waals surface area contributed by atoms with Gasteiger partial charge in [0.25, 0.3) is 0 Å². The molecular weight excluding hydrogens is 260 g/mol. The first-order chi connectivity index (χ1) is 9.45. The standard InChI is InChI=1S/C15H20O5/c1-14-5-4-10(20-14)6-9-7-15(8-11(9)14,12(16)18-2)13(17)19-3/h6,10-11H,4-5,7-8H2,1-3H3/t10-,11-,14+/m0/s1. The van der Waals surface area contributed by atoms with Gasteiger partial charge in [0.15, 0.2) is 5.41 Å². The summed E-state index contributed by atoms with van der Waals surface area (Å²) in [5.41, 5.74) is -0.313. The van der Waals surface area contributed by atoms with Crippen molar-refractivity contribution in [2.45, 2.75) is 44.3 Å². The SMILES string of the molecule is COC(=O)C1(C(=O)OC)CC2=C[C@@H]3CC[C@@](C)(O3)[C@H]2C1. The van der Waals surface area contributed by atoms with Crippen LogP contribution in [0.25, 0.3) is 0 Å². The molecule has 0 aromatic heterocycles. The van der Waals surface area contributed by atoms with Gasteiger partial charge in [-0.1, -0.05) is 11.6 Å². The van der Waals surface area contributed by atoms with Gasteiger partial charge in [-0.2, -0.15) is 0 Å². The Kier molecular flexibility index (Phi) is 2.94. The van der Waals surface area contributed by atoms with Crippen LogP contribution >= 0.6 is 0 Å². The fraction of sp³-hybridized carbons (Fsp3) is 0.733. The second kappa shape index (κ2) is 4.32. The van der Waals surface area contributed by atoms with E-state index in [2.05, 4.69) is 13.0 Å². The Morgan fingerprint density at radius 2 is 1.95 bits per heavy atom. The molecule has 3 atom stereocenters. The second-order valence-corrected chi connectivity index (χ2v) is 6.25. The minimum atomic E-state index is -1.20. The number of hydrogen-bond donors (Lipinski definition) is 0. The Hall–Kier alpha value is -1.36. The highest BCUT2D eigenvalue weighted by Gasteiger charge is 2.61. The lowest BCUT2D eigenvalue weighted by molar-refractivity contribution is -0.169. The topological polar surface area (TPSA) is 61.8 Å². The van der Waals surface area contributed by atoms with E-state index in [1.54, 1.807) is 0 Å². The minimum absolute atomic E-state index is 0.0967. The molecule has 20 heavy (non-hydrogen) atoms.